The fraction of sp³-hybridized carbons (Fsp3) is 0.261. The molecule has 0 saturated carbocycles. The fourth-order valence-electron chi connectivity index (χ4n) is 4.12. The van der Waals surface area contributed by atoms with Gasteiger partial charge in [0.15, 0.2) is 5.69 Å². The number of aromatic nitrogens is 3. The summed E-state index contributed by atoms with van der Waals surface area (Å²) in [6, 6.07) is 14.6. The number of likely N-dealkylation sites (tertiary alicyclic amines) is 1. The van der Waals surface area contributed by atoms with Crippen molar-refractivity contribution in [2.24, 2.45) is 0 Å². The number of rotatable bonds is 3. The predicted molar refractivity (Wildman–Crippen MR) is 111 cm³/mol. The summed E-state index contributed by atoms with van der Waals surface area (Å²) in [4.78, 5) is 22.2. The van der Waals surface area contributed by atoms with Crippen LogP contribution in [0.5, 0.6) is 0 Å². The van der Waals surface area contributed by atoms with Crippen LogP contribution >= 0.6 is 0 Å². The van der Waals surface area contributed by atoms with Crippen LogP contribution in [0.15, 0.2) is 59.3 Å². The number of carbonyl (C=O) groups is 1. The zero-order valence-electron chi connectivity index (χ0n) is 16.9. The summed E-state index contributed by atoms with van der Waals surface area (Å²) < 4.78 is 43.0. The Kier molecular flexibility index (Phi) is 4.96. The van der Waals surface area contributed by atoms with Crippen molar-refractivity contribution in [3.63, 3.8) is 0 Å². The van der Waals surface area contributed by atoms with E-state index in [4.69, 9.17) is 0 Å². The Balaban J connectivity index is 1.36. The number of nitrogens with zero attached hydrogens (tertiary/aromatic N) is 3. The largest absolute Gasteiger partial charge is 0.436 e. The number of amides is 1. The van der Waals surface area contributed by atoms with Crippen LogP contribution in [0.3, 0.4) is 0 Å². The molecule has 1 amide bonds. The fourth-order valence-corrected chi connectivity index (χ4v) is 4.12. The third kappa shape index (κ3) is 3.86. The maximum absolute atomic E-state index is 12.8. The second kappa shape index (κ2) is 7.81. The normalized spacial score (nSPS) is 17.1. The van der Waals surface area contributed by atoms with Crippen molar-refractivity contribution >= 4 is 16.9 Å². The van der Waals surface area contributed by atoms with Gasteiger partial charge in [-0.25, -0.2) is 0 Å². The number of alkyl halides is 3. The van der Waals surface area contributed by atoms with Gasteiger partial charge in [-0.1, -0.05) is 35.5 Å². The highest BCUT2D eigenvalue weighted by Crippen LogP contribution is 2.32. The number of fused-ring (bicyclic) bond motifs is 1. The number of hydrogen-bond donors (Lipinski definition) is 1. The van der Waals surface area contributed by atoms with Gasteiger partial charge >= 0.3 is 6.18 Å². The molecule has 0 bridgehead atoms. The van der Waals surface area contributed by atoms with Gasteiger partial charge in [-0.15, -0.1) is 0 Å². The summed E-state index contributed by atoms with van der Waals surface area (Å²) in [7, 11) is 0. The molecular formula is C23H19F3N4O2. The molecule has 0 radical (unpaired) electrons. The summed E-state index contributed by atoms with van der Waals surface area (Å²) in [6.45, 7) is 0.827. The lowest BCUT2D eigenvalue weighted by Crippen LogP contribution is -2.39. The first-order chi connectivity index (χ1) is 15.4. The maximum Gasteiger partial charge on any atom is 0.436 e. The van der Waals surface area contributed by atoms with Crippen LogP contribution in [0.4, 0.5) is 13.2 Å². The molecule has 1 unspecified atom stereocenters. The van der Waals surface area contributed by atoms with E-state index in [1.807, 2.05) is 48.7 Å². The minimum Gasteiger partial charge on any atom is -0.357 e. The molecule has 1 aliphatic rings. The topological polar surface area (TPSA) is 75.0 Å². The highest BCUT2D eigenvalue weighted by molar-refractivity contribution is 5.91. The molecule has 32 heavy (non-hydrogen) atoms. The van der Waals surface area contributed by atoms with Crippen molar-refractivity contribution in [2.75, 3.05) is 13.1 Å². The van der Waals surface area contributed by atoms with Crippen LogP contribution in [-0.2, 0) is 6.18 Å². The van der Waals surface area contributed by atoms with Gasteiger partial charge < -0.3 is 14.4 Å². The lowest BCUT2D eigenvalue weighted by Gasteiger charge is -2.31. The molecule has 164 valence electrons. The molecule has 0 spiro atoms. The van der Waals surface area contributed by atoms with Gasteiger partial charge in [0.1, 0.15) is 0 Å². The minimum atomic E-state index is -4.65. The Bertz CT molecular complexity index is 1260. The Labute approximate surface area is 181 Å². The zero-order chi connectivity index (χ0) is 22.3. The van der Waals surface area contributed by atoms with Crippen molar-refractivity contribution in [1.82, 2.24) is 20.0 Å². The van der Waals surface area contributed by atoms with Gasteiger partial charge in [-0.3, -0.25) is 9.78 Å². The molecule has 1 atom stereocenters. The molecule has 5 rings (SSSR count). The molecule has 4 aromatic rings. The number of carbonyl (C=O) groups excluding carboxylic acids is 1. The van der Waals surface area contributed by atoms with E-state index in [0.29, 0.717) is 19.2 Å². The molecule has 1 N–H and O–H groups in total. The highest BCUT2D eigenvalue weighted by Gasteiger charge is 2.37. The Morgan fingerprint density at radius 3 is 2.69 bits per heavy atom. The van der Waals surface area contributed by atoms with Crippen LogP contribution in [0.1, 0.15) is 40.7 Å². The van der Waals surface area contributed by atoms with E-state index in [-0.39, 0.29) is 5.92 Å². The van der Waals surface area contributed by atoms with Crippen molar-refractivity contribution in [3.8, 4) is 11.1 Å². The first-order valence-electron chi connectivity index (χ1n) is 10.3. The van der Waals surface area contributed by atoms with Crippen LogP contribution in [-0.4, -0.2) is 39.0 Å². The summed E-state index contributed by atoms with van der Waals surface area (Å²) in [5.74, 6) is -0.964. The van der Waals surface area contributed by atoms with E-state index in [9.17, 15) is 18.0 Å². The summed E-state index contributed by atoms with van der Waals surface area (Å²) in [5, 5.41) is 2.98. The molecule has 1 aliphatic heterocycles. The van der Waals surface area contributed by atoms with Gasteiger partial charge in [0.2, 0.25) is 5.76 Å². The van der Waals surface area contributed by atoms with Crippen LogP contribution in [0.2, 0.25) is 0 Å². The molecule has 6 nitrogen and oxygen atoms in total. The SMILES string of the molecule is O=C(c1cc(C(F)(F)F)no1)N1CCCC(c2cc3ncc(-c4ccccc4)cc3[nH]2)C1. The third-order valence-electron chi connectivity index (χ3n) is 5.76. The van der Waals surface area contributed by atoms with Crippen molar-refractivity contribution in [3.05, 3.63) is 71.9 Å². The number of pyridine rings is 1. The smallest absolute Gasteiger partial charge is 0.357 e. The van der Waals surface area contributed by atoms with Crippen molar-refractivity contribution in [1.29, 1.82) is 0 Å². The van der Waals surface area contributed by atoms with Gasteiger partial charge in [0, 0.05) is 42.5 Å². The van der Waals surface area contributed by atoms with E-state index in [0.717, 1.165) is 40.7 Å². The number of benzene rings is 1. The maximum atomic E-state index is 12.8. The molecule has 4 heterocycles. The average molecular weight is 440 g/mol. The van der Waals surface area contributed by atoms with Gasteiger partial charge in [-0.2, -0.15) is 13.2 Å². The zero-order valence-corrected chi connectivity index (χ0v) is 16.9. The summed E-state index contributed by atoms with van der Waals surface area (Å²) >= 11 is 0. The number of halogens is 3. The van der Waals surface area contributed by atoms with Crippen molar-refractivity contribution in [2.45, 2.75) is 24.9 Å². The second-order valence-corrected chi connectivity index (χ2v) is 7.91. The van der Waals surface area contributed by atoms with E-state index in [1.165, 1.54) is 4.90 Å². The first kappa shape index (κ1) is 20.3. The van der Waals surface area contributed by atoms with E-state index in [1.54, 1.807) is 0 Å². The molecular weight excluding hydrogens is 421 g/mol. The van der Waals surface area contributed by atoms with Crippen LogP contribution in [0, 0.1) is 0 Å². The first-order valence-corrected chi connectivity index (χ1v) is 10.3. The predicted octanol–water partition coefficient (Wildman–Crippen LogP) is 5.26. The van der Waals surface area contributed by atoms with E-state index in [2.05, 4.69) is 19.6 Å². The Hall–Kier alpha value is -3.62. The van der Waals surface area contributed by atoms with Crippen LogP contribution in [0.25, 0.3) is 22.2 Å². The Morgan fingerprint density at radius 2 is 1.94 bits per heavy atom. The number of nitrogens with one attached hydrogen (secondary N) is 1. The van der Waals surface area contributed by atoms with E-state index >= 15 is 0 Å². The average Bonchev–Trinajstić information content (AvgIpc) is 3.46. The second-order valence-electron chi connectivity index (χ2n) is 7.91. The van der Waals surface area contributed by atoms with Crippen LogP contribution < -0.4 is 0 Å². The number of piperidine rings is 1. The standard InChI is InChI=1S/C23H19F3N4O2/c24-23(25,26)21-11-20(32-29-21)22(31)30-8-4-7-15(13-30)17-10-18-19(28-17)9-16(12-27-18)14-5-2-1-3-6-14/h1-3,5-6,9-12,15,28H,4,7-8,13H2. The minimum absolute atomic E-state index is 0.0204. The van der Waals surface area contributed by atoms with Gasteiger partial charge in [-0.05, 0) is 30.5 Å². The molecule has 9 heteroatoms. The van der Waals surface area contributed by atoms with E-state index < -0.39 is 23.5 Å². The summed E-state index contributed by atoms with van der Waals surface area (Å²) in [5.41, 5.74) is 3.53. The lowest BCUT2D eigenvalue weighted by molar-refractivity contribution is -0.142. The molecule has 1 fully saturated rings. The molecule has 3 aromatic heterocycles. The highest BCUT2D eigenvalue weighted by atomic mass is 19.4. The quantitative estimate of drug-likeness (QED) is 0.472. The molecule has 1 aromatic carbocycles. The molecule has 0 aliphatic carbocycles. The van der Waals surface area contributed by atoms with Gasteiger partial charge in [0.25, 0.3) is 5.91 Å². The molecule has 1 saturated heterocycles. The Morgan fingerprint density at radius 1 is 1.12 bits per heavy atom. The van der Waals surface area contributed by atoms with Gasteiger partial charge in [0.05, 0.1) is 11.0 Å². The van der Waals surface area contributed by atoms with Crippen molar-refractivity contribution < 1.29 is 22.5 Å². The number of hydrogen-bond acceptors (Lipinski definition) is 4. The number of aromatic amines is 1. The number of H-pyrrole nitrogens is 1. The lowest BCUT2D eigenvalue weighted by atomic mass is 9.94. The monoisotopic (exact) mass is 440 g/mol. The third-order valence-corrected chi connectivity index (χ3v) is 5.76. The summed E-state index contributed by atoms with van der Waals surface area (Å²) in [6.07, 6.45) is -1.24.